The van der Waals surface area contributed by atoms with Crippen LogP contribution in [0, 0.1) is 0 Å². The third kappa shape index (κ3) is 7.56. The summed E-state index contributed by atoms with van der Waals surface area (Å²) in [5.74, 6) is -1.54. The van der Waals surface area contributed by atoms with E-state index in [-0.39, 0.29) is 6.61 Å². The van der Waals surface area contributed by atoms with E-state index < -0.39 is 18.4 Å². The zero-order valence-corrected chi connectivity index (χ0v) is 19.6. The SMILES string of the molecule is O=C(O)CC(=O)O.OCCOCCN1CCN(C2=Nc3ccccc3Sc3ccccc32)CC1. The summed E-state index contributed by atoms with van der Waals surface area (Å²) in [5, 5.41) is 24.2. The van der Waals surface area contributed by atoms with Gasteiger partial charge < -0.3 is 25.0 Å². The Hall–Kier alpha value is -2.92. The second-order valence-corrected chi connectivity index (χ2v) is 8.71. The molecule has 9 nitrogen and oxygen atoms in total. The minimum Gasteiger partial charge on any atom is -0.481 e. The molecule has 2 heterocycles. The minimum atomic E-state index is -1.31. The number of hydrogen-bond donors (Lipinski definition) is 3. The fourth-order valence-corrected chi connectivity index (χ4v) is 4.60. The zero-order chi connectivity index (χ0) is 24.3. The lowest BCUT2D eigenvalue weighted by Gasteiger charge is -2.36. The topological polar surface area (TPSA) is 123 Å². The molecule has 0 atom stereocenters. The maximum atomic E-state index is 9.43. The van der Waals surface area contributed by atoms with Crippen molar-refractivity contribution < 1.29 is 29.6 Å². The number of carboxylic acids is 2. The van der Waals surface area contributed by atoms with E-state index in [1.165, 1.54) is 15.4 Å². The average molecular weight is 488 g/mol. The van der Waals surface area contributed by atoms with Crippen molar-refractivity contribution in [1.29, 1.82) is 0 Å². The van der Waals surface area contributed by atoms with Crippen LogP contribution >= 0.6 is 11.8 Å². The first-order chi connectivity index (χ1) is 16.5. The van der Waals surface area contributed by atoms with E-state index in [1.54, 1.807) is 11.8 Å². The first-order valence-corrected chi connectivity index (χ1v) is 11.8. The predicted octanol–water partition coefficient (Wildman–Crippen LogP) is 2.40. The summed E-state index contributed by atoms with van der Waals surface area (Å²) >= 11 is 1.80. The number of aliphatic hydroxyl groups excluding tert-OH is 1. The highest BCUT2D eigenvalue weighted by molar-refractivity contribution is 7.99. The Morgan fingerprint density at radius 3 is 2.21 bits per heavy atom. The predicted molar refractivity (Wildman–Crippen MR) is 129 cm³/mol. The average Bonchev–Trinajstić information content (AvgIpc) is 2.99. The highest BCUT2D eigenvalue weighted by atomic mass is 32.2. The number of aliphatic hydroxyl groups is 1. The summed E-state index contributed by atoms with van der Waals surface area (Å²) in [6.07, 6.45) is -0.806. The quantitative estimate of drug-likeness (QED) is 0.399. The lowest BCUT2D eigenvalue weighted by atomic mass is 10.1. The molecule has 0 aliphatic carbocycles. The molecule has 2 aliphatic heterocycles. The molecular weight excluding hydrogens is 458 g/mol. The Kier molecular flexibility index (Phi) is 9.89. The van der Waals surface area contributed by atoms with Gasteiger partial charge in [-0.2, -0.15) is 0 Å². The number of aliphatic carboxylic acids is 2. The van der Waals surface area contributed by atoms with Crippen LogP contribution < -0.4 is 0 Å². The van der Waals surface area contributed by atoms with Crippen LogP contribution in [0.3, 0.4) is 0 Å². The third-order valence-electron chi connectivity index (χ3n) is 5.20. The van der Waals surface area contributed by atoms with Gasteiger partial charge in [0.15, 0.2) is 0 Å². The Bertz CT molecular complexity index is 996. The molecule has 1 saturated heterocycles. The van der Waals surface area contributed by atoms with Gasteiger partial charge in [0.1, 0.15) is 12.3 Å². The summed E-state index contributed by atoms with van der Waals surface area (Å²) in [7, 11) is 0. The maximum absolute atomic E-state index is 9.43. The van der Waals surface area contributed by atoms with E-state index >= 15 is 0 Å². The van der Waals surface area contributed by atoms with Gasteiger partial charge in [0.2, 0.25) is 0 Å². The number of para-hydroxylation sites is 1. The second kappa shape index (κ2) is 13.1. The van der Waals surface area contributed by atoms with Gasteiger partial charge in [-0.15, -0.1) is 0 Å². The van der Waals surface area contributed by atoms with Crippen molar-refractivity contribution in [2.45, 2.75) is 16.2 Å². The zero-order valence-electron chi connectivity index (χ0n) is 18.8. The van der Waals surface area contributed by atoms with Crippen LogP contribution in [0.5, 0.6) is 0 Å². The van der Waals surface area contributed by atoms with Crippen molar-refractivity contribution in [3.05, 3.63) is 54.1 Å². The number of hydrogen-bond acceptors (Lipinski definition) is 8. The van der Waals surface area contributed by atoms with Crippen molar-refractivity contribution in [1.82, 2.24) is 9.80 Å². The third-order valence-corrected chi connectivity index (χ3v) is 6.34. The summed E-state index contributed by atoms with van der Waals surface area (Å²) < 4.78 is 5.40. The van der Waals surface area contributed by atoms with Gasteiger partial charge >= 0.3 is 11.9 Å². The van der Waals surface area contributed by atoms with Gasteiger partial charge in [-0.25, -0.2) is 4.99 Å². The maximum Gasteiger partial charge on any atom is 0.314 e. The molecule has 2 aromatic rings. The molecule has 0 amide bonds. The van der Waals surface area contributed by atoms with Crippen LogP contribution in [0.4, 0.5) is 5.69 Å². The molecule has 1 fully saturated rings. The number of carboxylic acid groups (broad SMARTS) is 2. The van der Waals surface area contributed by atoms with Crippen LogP contribution in [0.15, 0.2) is 63.3 Å². The number of ether oxygens (including phenoxy) is 1. The molecule has 0 saturated carbocycles. The fraction of sp³-hybridized carbons (Fsp3) is 0.375. The number of carbonyl (C=O) groups is 2. The summed E-state index contributed by atoms with van der Waals surface area (Å²) in [6, 6.07) is 16.9. The number of nitrogens with zero attached hydrogens (tertiary/aromatic N) is 3. The molecule has 182 valence electrons. The second-order valence-electron chi connectivity index (χ2n) is 7.63. The molecule has 2 aliphatic rings. The van der Waals surface area contributed by atoms with Crippen LogP contribution in [-0.2, 0) is 14.3 Å². The standard InChI is InChI=1S/C21H25N3O2S.C3H4O4/c25-14-16-26-15-13-23-9-11-24(12-10-23)21-17-5-1-3-7-19(17)27-20-8-4-2-6-18(20)22-21;4-2(5)1-3(6)7/h1-8,25H,9-16H2;1H2,(H,4,5)(H,6,7). The molecule has 10 heteroatoms. The van der Waals surface area contributed by atoms with E-state index in [9.17, 15) is 9.59 Å². The number of fused-ring (bicyclic) bond motifs is 2. The molecule has 4 rings (SSSR count). The van der Waals surface area contributed by atoms with Crippen molar-refractivity contribution in [2.24, 2.45) is 4.99 Å². The van der Waals surface area contributed by atoms with Crippen molar-refractivity contribution in [3.8, 4) is 0 Å². The van der Waals surface area contributed by atoms with Gasteiger partial charge in [-0.1, -0.05) is 42.1 Å². The number of benzene rings is 2. The molecule has 0 bridgehead atoms. The van der Waals surface area contributed by atoms with Crippen molar-refractivity contribution in [3.63, 3.8) is 0 Å². The number of piperazine rings is 1. The molecular formula is C24H29N3O6S. The highest BCUT2D eigenvalue weighted by Crippen LogP contribution is 2.40. The normalized spacial score (nSPS) is 15.2. The van der Waals surface area contributed by atoms with E-state index in [2.05, 4.69) is 58.3 Å². The van der Waals surface area contributed by atoms with Gasteiger partial charge in [0, 0.05) is 48.1 Å². The summed E-state index contributed by atoms with van der Waals surface area (Å²) in [4.78, 5) is 31.2. The van der Waals surface area contributed by atoms with Crippen molar-refractivity contribution in [2.75, 3.05) is 52.5 Å². The number of rotatable bonds is 7. The Morgan fingerprint density at radius 1 is 0.912 bits per heavy atom. The molecule has 34 heavy (non-hydrogen) atoms. The summed E-state index contributed by atoms with van der Waals surface area (Å²) in [5.41, 5.74) is 2.27. The lowest BCUT2D eigenvalue weighted by molar-refractivity contribution is -0.147. The monoisotopic (exact) mass is 487 g/mol. The smallest absolute Gasteiger partial charge is 0.314 e. The van der Waals surface area contributed by atoms with E-state index in [4.69, 9.17) is 25.0 Å². The fourth-order valence-electron chi connectivity index (χ4n) is 3.58. The van der Waals surface area contributed by atoms with Crippen LogP contribution in [0.25, 0.3) is 0 Å². The first kappa shape index (κ1) is 25.7. The first-order valence-electron chi connectivity index (χ1n) is 11.0. The van der Waals surface area contributed by atoms with Crippen LogP contribution in [0.1, 0.15) is 12.0 Å². The molecule has 3 N–H and O–H groups in total. The molecule has 0 aromatic heterocycles. The van der Waals surface area contributed by atoms with E-state index in [0.29, 0.717) is 13.2 Å². The minimum absolute atomic E-state index is 0.0898. The Morgan fingerprint density at radius 2 is 1.56 bits per heavy atom. The number of aliphatic imine (C=N–C) groups is 1. The van der Waals surface area contributed by atoms with Crippen LogP contribution in [0.2, 0.25) is 0 Å². The van der Waals surface area contributed by atoms with Gasteiger partial charge in [0.05, 0.1) is 25.5 Å². The van der Waals surface area contributed by atoms with Gasteiger partial charge in [0.25, 0.3) is 0 Å². The van der Waals surface area contributed by atoms with Crippen LogP contribution in [-0.4, -0.2) is 95.4 Å². The number of amidine groups is 1. The van der Waals surface area contributed by atoms with Gasteiger partial charge in [-0.3, -0.25) is 14.5 Å². The molecule has 0 unspecified atom stereocenters. The lowest BCUT2D eigenvalue weighted by Crippen LogP contribution is -2.49. The Labute approximate surface area is 202 Å². The molecule has 0 radical (unpaired) electrons. The molecule has 2 aromatic carbocycles. The highest BCUT2D eigenvalue weighted by Gasteiger charge is 2.24. The summed E-state index contributed by atoms with van der Waals surface area (Å²) in [6.45, 7) is 6.01. The van der Waals surface area contributed by atoms with E-state index in [1.807, 2.05) is 0 Å². The molecule has 0 spiro atoms. The Balaban J connectivity index is 0.000000406. The largest absolute Gasteiger partial charge is 0.481 e. The van der Waals surface area contributed by atoms with Gasteiger partial charge in [-0.05, 0) is 18.2 Å². The van der Waals surface area contributed by atoms with E-state index in [0.717, 1.165) is 44.2 Å². The van der Waals surface area contributed by atoms with Crippen molar-refractivity contribution >= 4 is 35.2 Å².